The minimum absolute atomic E-state index is 0.215. The summed E-state index contributed by atoms with van der Waals surface area (Å²) in [6.07, 6.45) is 1.68. The van der Waals surface area contributed by atoms with E-state index < -0.39 is 0 Å². The van der Waals surface area contributed by atoms with E-state index in [2.05, 4.69) is 22.1 Å². The second-order valence-electron chi connectivity index (χ2n) is 5.04. The lowest BCUT2D eigenvalue weighted by molar-refractivity contribution is 0.370. The van der Waals surface area contributed by atoms with Crippen molar-refractivity contribution >= 4 is 5.82 Å². The van der Waals surface area contributed by atoms with E-state index in [9.17, 15) is 4.39 Å². The summed E-state index contributed by atoms with van der Waals surface area (Å²) in [4.78, 5) is 8.33. The first-order valence-electron chi connectivity index (χ1n) is 6.70. The van der Waals surface area contributed by atoms with E-state index in [0.717, 1.165) is 13.1 Å². The molecule has 1 rings (SSSR count). The van der Waals surface area contributed by atoms with Gasteiger partial charge in [0.15, 0.2) is 11.6 Å². The maximum absolute atomic E-state index is 14.4. The van der Waals surface area contributed by atoms with Gasteiger partial charge >= 0.3 is 0 Å². The minimum atomic E-state index is -0.218. The van der Waals surface area contributed by atoms with Gasteiger partial charge in [-0.3, -0.25) is 0 Å². The molecule has 0 bridgehead atoms. The van der Waals surface area contributed by atoms with Gasteiger partial charge in [-0.2, -0.15) is 0 Å². The lowest BCUT2D eigenvalue weighted by atomic mass is 10.2. The third-order valence-corrected chi connectivity index (χ3v) is 3.09. The maximum Gasteiger partial charge on any atom is 0.170 e. The Labute approximate surface area is 115 Å². The van der Waals surface area contributed by atoms with Gasteiger partial charge in [0.25, 0.3) is 0 Å². The van der Waals surface area contributed by atoms with Crippen LogP contribution in [0, 0.1) is 5.82 Å². The number of nitrogens with zero attached hydrogens (tertiary/aromatic N) is 3. The summed E-state index contributed by atoms with van der Waals surface area (Å²) in [6, 6.07) is 1.94. The molecule has 108 valence electrons. The average molecular weight is 268 g/mol. The Balaban J connectivity index is 3.01. The molecule has 1 N–H and O–H groups in total. The molecule has 1 aromatic heterocycles. The molecule has 1 aromatic rings. The second kappa shape index (κ2) is 7.40. The molecule has 0 fully saturated rings. The van der Waals surface area contributed by atoms with E-state index in [-0.39, 0.29) is 11.9 Å². The molecule has 0 saturated carbocycles. The van der Waals surface area contributed by atoms with Gasteiger partial charge in [0.1, 0.15) is 0 Å². The van der Waals surface area contributed by atoms with Crippen LogP contribution in [-0.2, 0) is 6.54 Å². The van der Waals surface area contributed by atoms with Crippen molar-refractivity contribution in [1.82, 2.24) is 15.2 Å². The first-order chi connectivity index (χ1) is 9.01. The Morgan fingerprint density at radius 2 is 2.11 bits per heavy atom. The molecule has 0 spiro atoms. The largest absolute Gasteiger partial charge is 0.350 e. The lowest BCUT2D eigenvalue weighted by Crippen LogP contribution is -2.41. The van der Waals surface area contributed by atoms with Crippen LogP contribution in [-0.4, -0.2) is 50.2 Å². The Hall–Kier alpha value is -1.20. The van der Waals surface area contributed by atoms with Crippen molar-refractivity contribution in [3.63, 3.8) is 0 Å². The van der Waals surface area contributed by atoms with Crippen LogP contribution in [0.25, 0.3) is 0 Å². The number of hydrogen-bond donors (Lipinski definition) is 1. The van der Waals surface area contributed by atoms with Gasteiger partial charge < -0.3 is 15.1 Å². The van der Waals surface area contributed by atoms with Crippen LogP contribution < -0.4 is 10.2 Å². The second-order valence-corrected chi connectivity index (χ2v) is 5.04. The number of rotatable bonds is 7. The van der Waals surface area contributed by atoms with E-state index in [1.165, 1.54) is 0 Å². The van der Waals surface area contributed by atoms with Crippen molar-refractivity contribution in [2.75, 3.05) is 39.1 Å². The molecule has 19 heavy (non-hydrogen) atoms. The predicted molar refractivity (Wildman–Crippen MR) is 78.0 cm³/mol. The molecule has 1 unspecified atom stereocenters. The smallest absolute Gasteiger partial charge is 0.170 e. The molecule has 0 aliphatic carbocycles. The number of nitrogens with one attached hydrogen (secondary N) is 1. The van der Waals surface area contributed by atoms with E-state index in [1.54, 1.807) is 12.3 Å². The lowest BCUT2D eigenvalue weighted by Gasteiger charge is -2.31. The standard InChI is InChI=1S/C14H25FN4/c1-6-19(11(2)10-18(4)5)14-13(15)12(9-16-3)7-8-17-14/h7-8,11,16H,6,9-10H2,1-5H3. The molecule has 0 radical (unpaired) electrons. The summed E-state index contributed by atoms with van der Waals surface area (Å²) in [7, 11) is 5.85. The van der Waals surface area contributed by atoms with Crippen LogP contribution in [0.1, 0.15) is 19.4 Å². The van der Waals surface area contributed by atoms with Gasteiger partial charge in [0, 0.05) is 37.4 Å². The SMILES string of the molecule is CCN(c1nccc(CNC)c1F)C(C)CN(C)C. The molecule has 1 atom stereocenters. The molecule has 0 saturated heterocycles. The molecule has 4 nitrogen and oxygen atoms in total. The number of pyridine rings is 1. The minimum Gasteiger partial charge on any atom is -0.350 e. The van der Waals surface area contributed by atoms with Crippen LogP contribution >= 0.6 is 0 Å². The molecule has 0 amide bonds. The predicted octanol–water partition coefficient (Wildman–Crippen LogP) is 1.72. The van der Waals surface area contributed by atoms with Crippen LogP contribution in [0.4, 0.5) is 10.2 Å². The van der Waals surface area contributed by atoms with Crippen molar-refractivity contribution in [2.24, 2.45) is 0 Å². The van der Waals surface area contributed by atoms with E-state index >= 15 is 0 Å². The number of anilines is 1. The molecule has 1 heterocycles. The van der Waals surface area contributed by atoms with E-state index in [4.69, 9.17) is 0 Å². The quantitative estimate of drug-likeness (QED) is 0.816. The topological polar surface area (TPSA) is 31.4 Å². The number of likely N-dealkylation sites (N-methyl/N-ethyl adjacent to an activating group) is 2. The van der Waals surface area contributed by atoms with Crippen molar-refractivity contribution in [3.8, 4) is 0 Å². The maximum atomic E-state index is 14.4. The highest BCUT2D eigenvalue weighted by molar-refractivity contribution is 5.44. The zero-order valence-corrected chi connectivity index (χ0v) is 12.6. The fraction of sp³-hybridized carbons (Fsp3) is 0.643. The summed E-state index contributed by atoms with van der Waals surface area (Å²) >= 11 is 0. The van der Waals surface area contributed by atoms with Crippen molar-refractivity contribution in [2.45, 2.75) is 26.4 Å². The number of aromatic nitrogens is 1. The van der Waals surface area contributed by atoms with Crippen molar-refractivity contribution in [1.29, 1.82) is 0 Å². The van der Waals surface area contributed by atoms with Crippen LogP contribution in [0.2, 0.25) is 0 Å². The summed E-state index contributed by atoms with van der Waals surface area (Å²) in [5, 5.41) is 2.98. The van der Waals surface area contributed by atoms with Crippen LogP contribution in [0.15, 0.2) is 12.3 Å². The van der Waals surface area contributed by atoms with Crippen LogP contribution in [0.5, 0.6) is 0 Å². The molecule has 0 aliphatic rings. The van der Waals surface area contributed by atoms with Gasteiger partial charge in [0.05, 0.1) is 0 Å². The molecule has 0 aromatic carbocycles. The summed E-state index contributed by atoms with van der Waals surface area (Å²) in [5.74, 6) is 0.230. The van der Waals surface area contributed by atoms with Crippen molar-refractivity contribution < 1.29 is 4.39 Å². The molecular weight excluding hydrogens is 243 g/mol. The Kier molecular flexibility index (Phi) is 6.18. The Morgan fingerprint density at radius 1 is 1.42 bits per heavy atom. The molecular formula is C14H25FN4. The highest BCUT2D eigenvalue weighted by Crippen LogP contribution is 2.21. The molecule has 5 heteroatoms. The first kappa shape index (κ1) is 15.9. The molecule has 0 aliphatic heterocycles. The van der Waals surface area contributed by atoms with Crippen LogP contribution in [0.3, 0.4) is 0 Å². The monoisotopic (exact) mass is 268 g/mol. The number of halogens is 1. The van der Waals surface area contributed by atoms with Gasteiger partial charge in [-0.05, 0) is 41.1 Å². The first-order valence-corrected chi connectivity index (χ1v) is 6.70. The summed E-state index contributed by atoms with van der Waals surface area (Å²) in [6.45, 7) is 6.24. The van der Waals surface area contributed by atoms with Crippen molar-refractivity contribution in [3.05, 3.63) is 23.6 Å². The Morgan fingerprint density at radius 3 is 2.63 bits per heavy atom. The van der Waals surface area contributed by atoms with E-state index in [1.807, 2.05) is 33.0 Å². The van der Waals surface area contributed by atoms with Gasteiger partial charge in [-0.15, -0.1) is 0 Å². The highest BCUT2D eigenvalue weighted by Gasteiger charge is 2.20. The highest BCUT2D eigenvalue weighted by atomic mass is 19.1. The van der Waals surface area contributed by atoms with Gasteiger partial charge in [-0.25, -0.2) is 9.37 Å². The third-order valence-electron chi connectivity index (χ3n) is 3.09. The van der Waals surface area contributed by atoms with E-state index in [0.29, 0.717) is 17.9 Å². The fourth-order valence-electron chi connectivity index (χ4n) is 2.30. The number of hydrogen-bond acceptors (Lipinski definition) is 4. The fourth-order valence-corrected chi connectivity index (χ4v) is 2.30. The summed E-state index contributed by atoms with van der Waals surface area (Å²) in [5.41, 5.74) is 0.656. The van der Waals surface area contributed by atoms with Gasteiger partial charge in [0.2, 0.25) is 0 Å². The Bertz CT molecular complexity index is 395. The summed E-state index contributed by atoms with van der Waals surface area (Å²) < 4.78 is 14.4. The third kappa shape index (κ3) is 4.14. The normalized spacial score (nSPS) is 12.8. The van der Waals surface area contributed by atoms with Gasteiger partial charge in [-0.1, -0.05) is 0 Å². The zero-order valence-electron chi connectivity index (χ0n) is 12.6. The zero-order chi connectivity index (χ0) is 14.4. The average Bonchev–Trinajstić information content (AvgIpc) is 2.34.